The van der Waals surface area contributed by atoms with Gasteiger partial charge in [-0.3, -0.25) is 0 Å². The van der Waals surface area contributed by atoms with Crippen LogP contribution >= 0.6 is 0 Å². The van der Waals surface area contributed by atoms with Crippen molar-refractivity contribution in [3.8, 4) is 0 Å². The number of benzene rings is 1. The van der Waals surface area contributed by atoms with Crippen LogP contribution < -0.4 is 5.73 Å². The summed E-state index contributed by atoms with van der Waals surface area (Å²) in [6, 6.07) is 6.85. The Bertz CT molecular complexity index is 397. The molecule has 1 fully saturated rings. The van der Waals surface area contributed by atoms with E-state index in [2.05, 4.69) is 32.0 Å². The van der Waals surface area contributed by atoms with Crippen LogP contribution in [-0.2, 0) is 6.42 Å². The highest BCUT2D eigenvalue weighted by molar-refractivity contribution is 5.30. The van der Waals surface area contributed by atoms with Gasteiger partial charge >= 0.3 is 0 Å². The van der Waals surface area contributed by atoms with Gasteiger partial charge in [0.1, 0.15) is 0 Å². The molecule has 1 saturated carbocycles. The minimum Gasteiger partial charge on any atom is -0.330 e. The lowest BCUT2D eigenvalue weighted by atomic mass is 9.68. The van der Waals surface area contributed by atoms with Crippen molar-refractivity contribution < 1.29 is 0 Å². The van der Waals surface area contributed by atoms with Crippen LogP contribution in [0.3, 0.4) is 0 Å². The van der Waals surface area contributed by atoms with Gasteiger partial charge in [0.05, 0.1) is 0 Å². The Morgan fingerprint density at radius 1 is 1.05 bits per heavy atom. The maximum Gasteiger partial charge on any atom is -0.00720 e. The molecular weight excluding hydrogens is 230 g/mol. The normalized spacial score (nSPS) is 18.5. The Labute approximate surface area is 118 Å². The van der Waals surface area contributed by atoms with Crippen LogP contribution in [0.25, 0.3) is 0 Å². The Balaban J connectivity index is 2.03. The van der Waals surface area contributed by atoms with E-state index < -0.39 is 0 Å². The molecule has 0 heterocycles. The van der Waals surface area contributed by atoms with Crippen molar-refractivity contribution >= 4 is 0 Å². The van der Waals surface area contributed by atoms with Gasteiger partial charge in [0.15, 0.2) is 0 Å². The summed E-state index contributed by atoms with van der Waals surface area (Å²) in [5.41, 5.74) is 10.8. The standard InChI is InChI=1S/C18H29N/c1-15-6-7-16(2)17(14-15)8-11-18(12-13-19)9-4-3-5-10-18/h6-7,14H,3-5,8-13,19H2,1-2H3. The average Bonchev–Trinajstić information content (AvgIpc) is 2.41. The summed E-state index contributed by atoms with van der Waals surface area (Å²) in [5.74, 6) is 0. The van der Waals surface area contributed by atoms with Crippen LogP contribution in [-0.4, -0.2) is 6.54 Å². The van der Waals surface area contributed by atoms with E-state index in [1.54, 1.807) is 5.56 Å². The van der Waals surface area contributed by atoms with Gasteiger partial charge in [-0.15, -0.1) is 0 Å². The second kappa shape index (κ2) is 6.56. The summed E-state index contributed by atoms with van der Waals surface area (Å²) >= 11 is 0. The Hall–Kier alpha value is -0.820. The lowest BCUT2D eigenvalue weighted by molar-refractivity contribution is 0.161. The molecule has 0 radical (unpaired) electrons. The van der Waals surface area contributed by atoms with Crippen LogP contribution in [0.1, 0.15) is 61.6 Å². The van der Waals surface area contributed by atoms with Gasteiger partial charge in [0, 0.05) is 0 Å². The smallest absolute Gasteiger partial charge is 0.00720 e. The van der Waals surface area contributed by atoms with Gasteiger partial charge in [-0.05, 0) is 69.0 Å². The highest BCUT2D eigenvalue weighted by Gasteiger charge is 2.30. The number of hydrogen-bond donors (Lipinski definition) is 1. The number of aryl methyl sites for hydroxylation is 3. The largest absolute Gasteiger partial charge is 0.330 e. The first-order chi connectivity index (χ1) is 9.15. The molecule has 1 heteroatoms. The quantitative estimate of drug-likeness (QED) is 0.825. The predicted octanol–water partition coefficient (Wildman–Crippen LogP) is 4.54. The summed E-state index contributed by atoms with van der Waals surface area (Å²) < 4.78 is 0. The fraction of sp³-hybridized carbons (Fsp3) is 0.667. The maximum atomic E-state index is 5.87. The predicted molar refractivity (Wildman–Crippen MR) is 83.4 cm³/mol. The van der Waals surface area contributed by atoms with Gasteiger partial charge in [0.25, 0.3) is 0 Å². The molecule has 0 spiro atoms. The van der Waals surface area contributed by atoms with Gasteiger partial charge in [-0.1, -0.05) is 43.0 Å². The monoisotopic (exact) mass is 259 g/mol. The average molecular weight is 259 g/mol. The molecule has 0 amide bonds. The minimum absolute atomic E-state index is 0.545. The molecule has 1 aromatic rings. The van der Waals surface area contributed by atoms with E-state index in [-0.39, 0.29) is 0 Å². The third-order valence-electron chi connectivity index (χ3n) is 5.02. The summed E-state index contributed by atoms with van der Waals surface area (Å²) in [7, 11) is 0. The van der Waals surface area contributed by atoms with E-state index in [1.165, 1.54) is 62.5 Å². The summed E-state index contributed by atoms with van der Waals surface area (Å²) in [6.07, 6.45) is 10.8. The van der Waals surface area contributed by atoms with Crippen molar-refractivity contribution in [2.75, 3.05) is 6.54 Å². The van der Waals surface area contributed by atoms with Gasteiger partial charge in [-0.25, -0.2) is 0 Å². The number of rotatable bonds is 5. The molecule has 0 aromatic heterocycles. The zero-order valence-corrected chi connectivity index (χ0v) is 12.7. The molecule has 0 saturated heterocycles. The van der Waals surface area contributed by atoms with Crippen molar-refractivity contribution in [2.24, 2.45) is 11.1 Å². The highest BCUT2D eigenvalue weighted by Crippen LogP contribution is 2.42. The van der Waals surface area contributed by atoms with Crippen LogP contribution in [0.4, 0.5) is 0 Å². The molecule has 2 N–H and O–H groups in total. The van der Waals surface area contributed by atoms with Crippen molar-refractivity contribution in [1.29, 1.82) is 0 Å². The molecule has 1 aromatic carbocycles. The third-order valence-corrected chi connectivity index (χ3v) is 5.02. The molecule has 0 bridgehead atoms. The van der Waals surface area contributed by atoms with Crippen LogP contribution in [0.2, 0.25) is 0 Å². The fourth-order valence-corrected chi connectivity index (χ4v) is 3.70. The lowest BCUT2D eigenvalue weighted by Crippen LogP contribution is -2.28. The molecule has 1 nitrogen and oxygen atoms in total. The zero-order chi connectivity index (χ0) is 13.7. The highest BCUT2D eigenvalue weighted by atomic mass is 14.5. The lowest BCUT2D eigenvalue weighted by Gasteiger charge is -2.37. The molecule has 1 aliphatic carbocycles. The molecule has 2 rings (SSSR count). The fourth-order valence-electron chi connectivity index (χ4n) is 3.70. The Morgan fingerprint density at radius 3 is 2.47 bits per heavy atom. The van der Waals surface area contributed by atoms with E-state index in [4.69, 9.17) is 5.73 Å². The molecule has 106 valence electrons. The molecule has 0 atom stereocenters. The van der Waals surface area contributed by atoms with Crippen molar-refractivity contribution in [3.05, 3.63) is 34.9 Å². The number of nitrogens with two attached hydrogens (primary N) is 1. The summed E-state index contributed by atoms with van der Waals surface area (Å²) in [4.78, 5) is 0. The molecule has 0 unspecified atom stereocenters. The third kappa shape index (κ3) is 3.82. The van der Waals surface area contributed by atoms with Crippen LogP contribution in [0, 0.1) is 19.3 Å². The molecule has 1 aliphatic rings. The molecule has 19 heavy (non-hydrogen) atoms. The second-order valence-corrected chi connectivity index (χ2v) is 6.53. The SMILES string of the molecule is Cc1ccc(C)c(CCC2(CCN)CCCCC2)c1. The number of hydrogen-bond acceptors (Lipinski definition) is 1. The zero-order valence-electron chi connectivity index (χ0n) is 12.7. The van der Waals surface area contributed by atoms with Gasteiger partial charge < -0.3 is 5.73 Å². The van der Waals surface area contributed by atoms with Gasteiger partial charge in [-0.2, -0.15) is 0 Å². The molecule has 0 aliphatic heterocycles. The van der Waals surface area contributed by atoms with Crippen LogP contribution in [0.15, 0.2) is 18.2 Å². The topological polar surface area (TPSA) is 26.0 Å². The first kappa shape index (κ1) is 14.6. The second-order valence-electron chi connectivity index (χ2n) is 6.53. The van der Waals surface area contributed by atoms with E-state index in [0.29, 0.717) is 5.41 Å². The van der Waals surface area contributed by atoms with Crippen molar-refractivity contribution in [3.63, 3.8) is 0 Å². The Morgan fingerprint density at radius 2 is 1.79 bits per heavy atom. The van der Waals surface area contributed by atoms with Crippen molar-refractivity contribution in [1.82, 2.24) is 0 Å². The minimum atomic E-state index is 0.545. The first-order valence-electron chi connectivity index (χ1n) is 7.91. The van der Waals surface area contributed by atoms with E-state index in [0.717, 1.165) is 6.54 Å². The first-order valence-corrected chi connectivity index (χ1v) is 7.91. The van der Waals surface area contributed by atoms with E-state index >= 15 is 0 Å². The van der Waals surface area contributed by atoms with Gasteiger partial charge in [0.2, 0.25) is 0 Å². The summed E-state index contributed by atoms with van der Waals surface area (Å²) in [6.45, 7) is 5.29. The Kier molecular flexibility index (Phi) is 5.04. The molecular formula is C18H29N. The summed E-state index contributed by atoms with van der Waals surface area (Å²) in [5, 5.41) is 0. The van der Waals surface area contributed by atoms with E-state index in [9.17, 15) is 0 Å². The maximum absolute atomic E-state index is 5.87. The van der Waals surface area contributed by atoms with Crippen LogP contribution in [0.5, 0.6) is 0 Å². The van der Waals surface area contributed by atoms with E-state index in [1.807, 2.05) is 0 Å². The van der Waals surface area contributed by atoms with Crippen molar-refractivity contribution in [2.45, 2.75) is 65.2 Å².